The summed E-state index contributed by atoms with van der Waals surface area (Å²) in [6.07, 6.45) is 7.70. The molecule has 0 unspecified atom stereocenters. The van der Waals surface area contributed by atoms with Crippen molar-refractivity contribution in [1.82, 2.24) is 14.8 Å². The fourth-order valence-corrected chi connectivity index (χ4v) is 3.83. The number of aromatic nitrogens is 3. The van der Waals surface area contributed by atoms with Crippen LogP contribution in [0.4, 0.5) is 5.82 Å². The Morgan fingerprint density at radius 1 is 1.00 bits per heavy atom. The molecule has 0 radical (unpaired) electrons. The summed E-state index contributed by atoms with van der Waals surface area (Å²) in [5.74, 6) is 1.64. The average molecular weight is 449 g/mol. The first-order valence-corrected chi connectivity index (χ1v) is 11.3. The van der Waals surface area contributed by atoms with E-state index in [1.54, 1.807) is 18.3 Å². The number of anilines is 1. The standard InChI is InChI=1S/C25H28N4O4/c30-23-14-13-21(28-29(23)16-17-32-20-10-5-2-6-11-20)25(31)27-24-22(12-7-15-26-24)33-18-19-8-3-1-4-9-19/h2,5-7,10-15,19H,1,3-4,8-9,16-18H2,(H,26,27,31). The Labute approximate surface area is 192 Å². The molecule has 8 nitrogen and oxygen atoms in total. The van der Waals surface area contributed by atoms with Gasteiger partial charge in [0.05, 0.1) is 13.2 Å². The number of hydrogen-bond acceptors (Lipinski definition) is 6. The fourth-order valence-electron chi connectivity index (χ4n) is 3.83. The SMILES string of the molecule is O=C(Nc1ncccc1OCC1CCCCC1)c1ccc(=O)n(CCOc2ccccc2)n1. The summed E-state index contributed by atoms with van der Waals surface area (Å²) in [5, 5.41) is 6.95. The van der Waals surface area contributed by atoms with E-state index in [1.807, 2.05) is 30.3 Å². The fraction of sp³-hybridized carbons (Fsp3) is 0.360. The number of carbonyl (C=O) groups excluding carboxylic acids is 1. The minimum atomic E-state index is -0.464. The van der Waals surface area contributed by atoms with Crippen molar-refractivity contribution in [3.05, 3.63) is 76.8 Å². The lowest BCUT2D eigenvalue weighted by Gasteiger charge is -2.22. The van der Waals surface area contributed by atoms with Crippen LogP contribution in [0.25, 0.3) is 0 Å². The van der Waals surface area contributed by atoms with Crippen molar-refractivity contribution in [2.75, 3.05) is 18.5 Å². The Morgan fingerprint density at radius 2 is 1.82 bits per heavy atom. The number of pyridine rings is 1. The van der Waals surface area contributed by atoms with Crippen LogP contribution in [0.5, 0.6) is 11.5 Å². The molecular weight excluding hydrogens is 420 g/mol. The molecule has 2 aromatic heterocycles. The molecule has 3 aromatic rings. The maximum Gasteiger partial charge on any atom is 0.277 e. The second kappa shape index (κ2) is 11.3. The van der Waals surface area contributed by atoms with Gasteiger partial charge in [0.15, 0.2) is 11.6 Å². The van der Waals surface area contributed by atoms with Gasteiger partial charge in [-0.3, -0.25) is 9.59 Å². The van der Waals surface area contributed by atoms with Crippen molar-refractivity contribution < 1.29 is 14.3 Å². The Morgan fingerprint density at radius 3 is 2.64 bits per heavy atom. The molecule has 1 amide bonds. The smallest absolute Gasteiger partial charge is 0.277 e. The third kappa shape index (κ3) is 6.41. The maximum atomic E-state index is 12.8. The molecule has 0 spiro atoms. The summed E-state index contributed by atoms with van der Waals surface area (Å²) < 4.78 is 12.8. The molecule has 172 valence electrons. The van der Waals surface area contributed by atoms with E-state index < -0.39 is 5.91 Å². The van der Waals surface area contributed by atoms with Crippen molar-refractivity contribution in [3.63, 3.8) is 0 Å². The van der Waals surface area contributed by atoms with Gasteiger partial charge < -0.3 is 14.8 Å². The monoisotopic (exact) mass is 448 g/mol. The van der Waals surface area contributed by atoms with E-state index in [-0.39, 0.29) is 24.4 Å². The number of benzene rings is 1. The van der Waals surface area contributed by atoms with Crippen molar-refractivity contribution in [2.24, 2.45) is 5.92 Å². The molecule has 2 heterocycles. The Bertz CT molecular complexity index is 1110. The van der Waals surface area contributed by atoms with Crippen LogP contribution in [0.3, 0.4) is 0 Å². The highest BCUT2D eigenvalue weighted by Gasteiger charge is 2.17. The zero-order chi connectivity index (χ0) is 22.9. The summed E-state index contributed by atoms with van der Waals surface area (Å²) in [6, 6.07) is 15.6. The number of rotatable bonds is 9. The molecule has 1 aliphatic carbocycles. The Kier molecular flexibility index (Phi) is 7.68. The van der Waals surface area contributed by atoms with Crippen LogP contribution in [0.1, 0.15) is 42.6 Å². The summed E-state index contributed by atoms with van der Waals surface area (Å²) in [6.45, 7) is 1.08. The van der Waals surface area contributed by atoms with Gasteiger partial charge in [-0.1, -0.05) is 37.5 Å². The van der Waals surface area contributed by atoms with Crippen molar-refractivity contribution in [2.45, 2.75) is 38.6 Å². The van der Waals surface area contributed by atoms with Gasteiger partial charge >= 0.3 is 0 Å². The molecule has 8 heteroatoms. The first-order chi connectivity index (χ1) is 16.2. The minimum Gasteiger partial charge on any atom is -0.492 e. The molecule has 0 bridgehead atoms. The van der Waals surface area contributed by atoms with Gasteiger partial charge in [0, 0.05) is 12.3 Å². The summed E-state index contributed by atoms with van der Waals surface area (Å²) in [4.78, 5) is 29.2. The highest BCUT2D eigenvalue weighted by atomic mass is 16.5. The minimum absolute atomic E-state index is 0.109. The van der Waals surface area contributed by atoms with Crippen molar-refractivity contribution in [3.8, 4) is 11.5 Å². The third-order valence-corrected chi connectivity index (χ3v) is 5.62. The van der Waals surface area contributed by atoms with E-state index in [0.717, 1.165) is 0 Å². The second-order valence-corrected chi connectivity index (χ2v) is 8.06. The molecule has 0 saturated heterocycles. The quantitative estimate of drug-likeness (QED) is 0.533. The number of amides is 1. The number of ether oxygens (including phenoxy) is 2. The zero-order valence-corrected chi connectivity index (χ0v) is 18.5. The lowest BCUT2D eigenvalue weighted by Crippen LogP contribution is -2.28. The molecule has 4 rings (SSSR count). The van der Waals surface area contributed by atoms with Crippen LogP contribution in [-0.2, 0) is 6.54 Å². The topological polar surface area (TPSA) is 95.3 Å². The van der Waals surface area contributed by atoms with E-state index in [9.17, 15) is 9.59 Å². The third-order valence-electron chi connectivity index (χ3n) is 5.62. The van der Waals surface area contributed by atoms with Crippen LogP contribution >= 0.6 is 0 Å². The van der Waals surface area contributed by atoms with Gasteiger partial charge in [-0.2, -0.15) is 5.10 Å². The number of para-hydroxylation sites is 1. The first kappa shape index (κ1) is 22.5. The highest BCUT2D eigenvalue weighted by molar-refractivity contribution is 6.02. The average Bonchev–Trinajstić information content (AvgIpc) is 2.86. The molecule has 1 fully saturated rings. The highest BCUT2D eigenvalue weighted by Crippen LogP contribution is 2.27. The zero-order valence-electron chi connectivity index (χ0n) is 18.5. The molecule has 0 aliphatic heterocycles. The normalized spacial score (nSPS) is 13.9. The predicted octanol–water partition coefficient (Wildman–Crippen LogP) is 3.93. The van der Waals surface area contributed by atoms with E-state index in [0.29, 0.717) is 29.8 Å². The van der Waals surface area contributed by atoms with E-state index in [1.165, 1.54) is 48.9 Å². The number of hydrogen-bond donors (Lipinski definition) is 1. The number of nitrogens with one attached hydrogen (secondary N) is 1. The molecule has 1 N–H and O–H groups in total. The van der Waals surface area contributed by atoms with Gasteiger partial charge in [0.25, 0.3) is 11.5 Å². The van der Waals surface area contributed by atoms with Crippen LogP contribution in [0.15, 0.2) is 65.6 Å². The van der Waals surface area contributed by atoms with E-state index in [2.05, 4.69) is 15.4 Å². The van der Waals surface area contributed by atoms with Crippen LogP contribution in [0, 0.1) is 5.92 Å². The molecule has 1 aromatic carbocycles. The molecular formula is C25H28N4O4. The summed E-state index contributed by atoms with van der Waals surface area (Å²) in [5.41, 5.74) is -0.198. The van der Waals surface area contributed by atoms with Crippen molar-refractivity contribution in [1.29, 1.82) is 0 Å². The summed E-state index contributed by atoms with van der Waals surface area (Å²) >= 11 is 0. The van der Waals surface area contributed by atoms with E-state index >= 15 is 0 Å². The molecule has 1 saturated carbocycles. The van der Waals surface area contributed by atoms with E-state index in [4.69, 9.17) is 9.47 Å². The lowest BCUT2D eigenvalue weighted by molar-refractivity contribution is 0.101. The van der Waals surface area contributed by atoms with Crippen LogP contribution in [-0.4, -0.2) is 33.9 Å². The predicted molar refractivity (Wildman–Crippen MR) is 125 cm³/mol. The number of carbonyl (C=O) groups is 1. The Balaban J connectivity index is 1.38. The first-order valence-electron chi connectivity index (χ1n) is 11.3. The van der Waals surface area contributed by atoms with Gasteiger partial charge in [0.1, 0.15) is 18.1 Å². The Hall–Kier alpha value is -3.68. The number of nitrogens with zero attached hydrogens (tertiary/aromatic N) is 3. The van der Waals surface area contributed by atoms with Gasteiger partial charge in [0.2, 0.25) is 0 Å². The second-order valence-electron chi connectivity index (χ2n) is 8.06. The van der Waals surface area contributed by atoms with Gasteiger partial charge in [-0.15, -0.1) is 0 Å². The summed E-state index contributed by atoms with van der Waals surface area (Å²) in [7, 11) is 0. The lowest BCUT2D eigenvalue weighted by atomic mass is 9.90. The van der Waals surface area contributed by atoms with Crippen molar-refractivity contribution >= 4 is 11.7 Å². The molecule has 0 atom stereocenters. The maximum absolute atomic E-state index is 12.8. The van der Waals surface area contributed by atoms with Gasteiger partial charge in [-0.25, -0.2) is 9.67 Å². The van der Waals surface area contributed by atoms with Crippen LogP contribution in [0.2, 0.25) is 0 Å². The molecule has 33 heavy (non-hydrogen) atoms. The van der Waals surface area contributed by atoms with Gasteiger partial charge in [-0.05, 0) is 49.1 Å². The molecule has 1 aliphatic rings. The van der Waals surface area contributed by atoms with Crippen LogP contribution < -0.4 is 20.3 Å². The largest absolute Gasteiger partial charge is 0.492 e.